The van der Waals surface area contributed by atoms with Gasteiger partial charge in [-0.05, 0) is 52.3 Å². The molecule has 0 bridgehead atoms. The molecule has 2 N–H and O–H groups in total. The van der Waals surface area contributed by atoms with Crippen LogP contribution in [0.5, 0.6) is 5.75 Å². The van der Waals surface area contributed by atoms with Crippen molar-refractivity contribution in [2.45, 2.75) is 11.5 Å². The number of hydrogen-bond donors (Lipinski definition) is 1. The third kappa shape index (κ3) is 4.34. The Labute approximate surface area is 141 Å². The van der Waals surface area contributed by atoms with Crippen molar-refractivity contribution in [2.75, 3.05) is 0 Å². The highest BCUT2D eigenvalue weighted by atomic mass is 79.9. The van der Waals surface area contributed by atoms with E-state index in [9.17, 15) is 8.42 Å². The molecular formula is C13H10BrCl2NO3S. The molecule has 0 saturated carbocycles. The van der Waals surface area contributed by atoms with Crippen LogP contribution in [0.2, 0.25) is 10.0 Å². The van der Waals surface area contributed by atoms with Crippen LogP contribution >= 0.6 is 39.1 Å². The van der Waals surface area contributed by atoms with Crippen molar-refractivity contribution in [3.05, 3.63) is 56.5 Å². The Bertz CT molecular complexity index is 781. The first-order chi connectivity index (χ1) is 9.77. The summed E-state index contributed by atoms with van der Waals surface area (Å²) in [4.78, 5) is 0.00233. The molecule has 21 heavy (non-hydrogen) atoms. The predicted molar refractivity (Wildman–Crippen MR) is 86.3 cm³/mol. The summed E-state index contributed by atoms with van der Waals surface area (Å²) in [5.74, 6) is 0.471. The van der Waals surface area contributed by atoms with Crippen LogP contribution in [0.3, 0.4) is 0 Å². The number of halogens is 3. The van der Waals surface area contributed by atoms with Crippen molar-refractivity contribution in [3.8, 4) is 5.75 Å². The Balaban J connectivity index is 2.19. The van der Waals surface area contributed by atoms with Gasteiger partial charge in [-0.2, -0.15) is 0 Å². The molecule has 0 spiro atoms. The first kappa shape index (κ1) is 16.6. The Morgan fingerprint density at radius 3 is 2.48 bits per heavy atom. The first-order valence-electron chi connectivity index (χ1n) is 5.66. The van der Waals surface area contributed by atoms with Crippen LogP contribution in [0, 0.1) is 0 Å². The summed E-state index contributed by atoms with van der Waals surface area (Å²) in [6.45, 7) is 0.201. The van der Waals surface area contributed by atoms with Gasteiger partial charge < -0.3 is 4.74 Å². The maximum absolute atomic E-state index is 11.2. The molecule has 0 aromatic heterocycles. The van der Waals surface area contributed by atoms with Gasteiger partial charge in [0.1, 0.15) is 12.4 Å². The second kappa shape index (κ2) is 6.54. The second-order valence-electron chi connectivity index (χ2n) is 4.16. The SMILES string of the molecule is NS(=O)(=O)c1ccc(OCc2cc(Cl)ccc2Cl)c(Br)c1. The fourth-order valence-electron chi connectivity index (χ4n) is 1.59. The standard InChI is InChI=1S/C13H10BrCl2NO3S/c14-11-6-10(21(17,18)19)2-4-13(11)20-7-8-5-9(15)1-3-12(8)16/h1-6H,7H2,(H2,17,18,19). The number of ether oxygens (including phenoxy) is 1. The molecule has 0 aliphatic heterocycles. The van der Waals surface area contributed by atoms with Crippen LogP contribution in [-0.2, 0) is 16.6 Å². The van der Waals surface area contributed by atoms with E-state index in [2.05, 4.69) is 15.9 Å². The molecule has 2 aromatic carbocycles. The van der Waals surface area contributed by atoms with Gasteiger partial charge in [0.05, 0.1) is 9.37 Å². The molecule has 8 heteroatoms. The molecule has 0 unspecified atom stereocenters. The number of primary sulfonamides is 1. The molecule has 0 saturated heterocycles. The fraction of sp³-hybridized carbons (Fsp3) is 0.0769. The van der Waals surface area contributed by atoms with E-state index in [1.54, 1.807) is 18.2 Å². The van der Waals surface area contributed by atoms with Gasteiger partial charge in [0.15, 0.2) is 0 Å². The van der Waals surface area contributed by atoms with Crippen LogP contribution in [0.15, 0.2) is 45.8 Å². The van der Waals surface area contributed by atoms with E-state index in [1.165, 1.54) is 18.2 Å². The van der Waals surface area contributed by atoms with E-state index in [-0.39, 0.29) is 11.5 Å². The Kier molecular flexibility index (Phi) is 5.16. The Morgan fingerprint density at radius 1 is 1.14 bits per heavy atom. The van der Waals surface area contributed by atoms with Gasteiger partial charge in [-0.3, -0.25) is 0 Å². The van der Waals surface area contributed by atoms with Gasteiger partial charge >= 0.3 is 0 Å². The summed E-state index contributed by atoms with van der Waals surface area (Å²) >= 11 is 15.2. The lowest BCUT2D eigenvalue weighted by Gasteiger charge is -2.10. The van der Waals surface area contributed by atoms with Crippen molar-refractivity contribution in [1.82, 2.24) is 0 Å². The number of hydrogen-bond acceptors (Lipinski definition) is 3. The lowest BCUT2D eigenvalue weighted by atomic mass is 10.2. The monoisotopic (exact) mass is 409 g/mol. The Morgan fingerprint density at radius 2 is 1.86 bits per heavy atom. The Hall–Kier alpha value is -0.790. The molecule has 0 amide bonds. The lowest BCUT2D eigenvalue weighted by Crippen LogP contribution is -2.12. The summed E-state index contributed by atoms with van der Waals surface area (Å²) in [6.07, 6.45) is 0. The minimum absolute atomic E-state index is 0.00233. The third-order valence-electron chi connectivity index (χ3n) is 2.62. The molecule has 0 fully saturated rings. The molecule has 2 aromatic rings. The van der Waals surface area contributed by atoms with E-state index in [0.717, 1.165) is 5.56 Å². The average molecular weight is 411 g/mol. The zero-order valence-electron chi connectivity index (χ0n) is 10.5. The summed E-state index contributed by atoms with van der Waals surface area (Å²) in [7, 11) is -3.75. The van der Waals surface area contributed by atoms with Gasteiger partial charge in [-0.15, -0.1) is 0 Å². The van der Waals surface area contributed by atoms with Gasteiger partial charge in [-0.1, -0.05) is 23.2 Å². The summed E-state index contributed by atoms with van der Waals surface area (Å²) in [6, 6.07) is 9.34. The number of sulfonamides is 1. The normalized spacial score (nSPS) is 11.4. The topological polar surface area (TPSA) is 69.4 Å². The van der Waals surface area contributed by atoms with Crippen LogP contribution in [0.1, 0.15) is 5.56 Å². The van der Waals surface area contributed by atoms with Crippen LogP contribution in [0.25, 0.3) is 0 Å². The predicted octanol–water partition coefficient (Wildman–Crippen LogP) is 3.98. The van der Waals surface area contributed by atoms with Gasteiger partial charge in [0.25, 0.3) is 0 Å². The van der Waals surface area contributed by atoms with Crippen LogP contribution < -0.4 is 9.88 Å². The molecule has 0 heterocycles. The van der Waals surface area contributed by atoms with Crippen molar-refractivity contribution in [2.24, 2.45) is 5.14 Å². The van der Waals surface area contributed by atoms with Crippen LogP contribution in [-0.4, -0.2) is 8.42 Å². The molecular weight excluding hydrogens is 401 g/mol. The summed E-state index contributed by atoms with van der Waals surface area (Å²) < 4.78 is 28.6. The molecule has 0 atom stereocenters. The van der Waals surface area contributed by atoms with E-state index in [4.69, 9.17) is 33.1 Å². The van der Waals surface area contributed by atoms with E-state index in [1.807, 2.05) is 0 Å². The second-order valence-corrected chi connectivity index (χ2v) is 7.42. The smallest absolute Gasteiger partial charge is 0.238 e. The van der Waals surface area contributed by atoms with E-state index < -0.39 is 10.0 Å². The van der Waals surface area contributed by atoms with Gasteiger partial charge in [0.2, 0.25) is 10.0 Å². The average Bonchev–Trinajstić information content (AvgIpc) is 2.40. The minimum Gasteiger partial charge on any atom is -0.488 e. The molecule has 0 aliphatic carbocycles. The van der Waals surface area contributed by atoms with Crippen molar-refractivity contribution in [1.29, 1.82) is 0 Å². The molecule has 0 radical (unpaired) electrons. The van der Waals surface area contributed by atoms with Gasteiger partial charge in [0, 0.05) is 15.6 Å². The largest absolute Gasteiger partial charge is 0.488 e. The quantitative estimate of drug-likeness (QED) is 0.828. The zero-order chi connectivity index (χ0) is 15.6. The number of rotatable bonds is 4. The number of nitrogens with two attached hydrogens (primary N) is 1. The van der Waals surface area contributed by atoms with E-state index in [0.29, 0.717) is 20.3 Å². The highest BCUT2D eigenvalue weighted by Crippen LogP contribution is 2.29. The van der Waals surface area contributed by atoms with E-state index >= 15 is 0 Å². The van der Waals surface area contributed by atoms with Crippen molar-refractivity contribution < 1.29 is 13.2 Å². The van der Waals surface area contributed by atoms with Crippen molar-refractivity contribution >= 4 is 49.2 Å². The lowest BCUT2D eigenvalue weighted by molar-refractivity contribution is 0.304. The molecule has 2 rings (SSSR count). The number of benzene rings is 2. The summed E-state index contributed by atoms with van der Waals surface area (Å²) in [5, 5.41) is 6.15. The maximum atomic E-state index is 11.2. The van der Waals surface area contributed by atoms with Crippen LogP contribution in [0.4, 0.5) is 0 Å². The van der Waals surface area contributed by atoms with Gasteiger partial charge in [-0.25, -0.2) is 13.6 Å². The third-order valence-corrected chi connectivity index (χ3v) is 4.76. The minimum atomic E-state index is -3.75. The maximum Gasteiger partial charge on any atom is 0.238 e. The fourth-order valence-corrected chi connectivity index (χ4v) is 3.14. The highest BCUT2D eigenvalue weighted by molar-refractivity contribution is 9.10. The zero-order valence-corrected chi connectivity index (χ0v) is 14.4. The molecule has 4 nitrogen and oxygen atoms in total. The summed E-state index contributed by atoms with van der Waals surface area (Å²) in [5.41, 5.74) is 0.728. The molecule has 0 aliphatic rings. The highest BCUT2D eigenvalue weighted by Gasteiger charge is 2.11. The molecule has 112 valence electrons. The van der Waals surface area contributed by atoms with Crippen molar-refractivity contribution in [3.63, 3.8) is 0 Å². The first-order valence-corrected chi connectivity index (χ1v) is 8.76.